The number of nitrogens with two attached hydrogens (primary N) is 2. The Labute approximate surface area is 99.6 Å². The smallest absolute Gasteiger partial charge is 0.129 e. The van der Waals surface area contributed by atoms with Gasteiger partial charge in [-0.2, -0.15) is 0 Å². The van der Waals surface area contributed by atoms with Crippen molar-refractivity contribution in [3.8, 4) is 0 Å². The standard InChI is InChI=1S/C11H16ClN3O/c12-7-4-9(10(14)15-6-7)11(16)3-1-2-8(13)5-11/h4,6,8,16H,1-3,5,13H2,(H2,14,15). The monoisotopic (exact) mass is 241 g/mol. The first-order chi connectivity index (χ1) is 7.51. The number of hydrogen-bond donors (Lipinski definition) is 3. The number of nitrogen functional groups attached to an aromatic ring is 1. The van der Waals surface area contributed by atoms with Crippen LogP contribution in [0.3, 0.4) is 0 Å². The second-order valence-electron chi connectivity index (χ2n) is 4.47. The molecule has 1 aromatic rings. The molecule has 0 aliphatic heterocycles. The van der Waals surface area contributed by atoms with E-state index in [2.05, 4.69) is 4.98 Å². The molecule has 88 valence electrons. The molecule has 4 nitrogen and oxygen atoms in total. The fourth-order valence-electron chi connectivity index (χ4n) is 2.36. The number of aromatic nitrogens is 1. The van der Waals surface area contributed by atoms with Crippen LogP contribution in [0.2, 0.25) is 5.02 Å². The fraction of sp³-hybridized carbons (Fsp3) is 0.545. The van der Waals surface area contributed by atoms with E-state index >= 15 is 0 Å². The molecular formula is C11H16ClN3O. The van der Waals surface area contributed by atoms with Crippen molar-refractivity contribution in [3.63, 3.8) is 0 Å². The van der Waals surface area contributed by atoms with Gasteiger partial charge >= 0.3 is 0 Å². The lowest BCUT2D eigenvalue weighted by molar-refractivity contribution is -0.00669. The summed E-state index contributed by atoms with van der Waals surface area (Å²) < 4.78 is 0. The van der Waals surface area contributed by atoms with Gasteiger partial charge in [-0.1, -0.05) is 11.6 Å². The molecule has 2 rings (SSSR count). The molecule has 0 amide bonds. The Hall–Kier alpha value is -0.840. The summed E-state index contributed by atoms with van der Waals surface area (Å²) in [5.41, 5.74) is 11.3. The van der Waals surface area contributed by atoms with Crippen LogP contribution >= 0.6 is 11.6 Å². The fourth-order valence-corrected chi connectivity index (χ4v) is 2.52. The number of anilines is 1. The molecule has 16 heavy (non-hydrogen) atoms. The van der Waals surface area contributed by atoms with E-state index in [0.29, 0.717) is 29.2 Å². The van der Waals surface area contributed by atoms with Crippen molar-refractivity contribution in [1.82, 2.24) is 4.98 Å². The largest absolute Gasteiger partial charge is 0.385 e. The zero-order chi connectivity index (χ0) is 11.8. The quantitative estimate of drug-likeness (QED) is 0.694. The normalized spacial score (nSPS) is 30.3. The maximum atomic E-state index is 10.6. The molecule has 1 aromatic heterocycles. The Morgan fingerprint density at radius 3 is 3.00 bits per heavy atom. The Kier molecular flexibility index (Phi) is 3.06. The van der Waals surface area contributed by atoms with Gasteiger partial charge < -0.3 is 16.6 Å². The molecule has 5 heteroatoms. The van der Waals surface area contributed by atoms with Crippen molar-refractivity contribution in [2.45, 2.75) is 37.3 Å². The van der Waals surface area contributed by atoms with Crippen molar-refractivity contribution in [3.05, 3.63) is 22.8 Å². The average Bonchev–Trinajstić information content (AvgIpc) is 2.21. The molecule has 0 radical (unpaired) electrons. The van der Waals surface area contributed by atoms with Gasteiger partial charge in [0.1, 0.15) is 5.82 Å². The van der Waals surface area contributed by atoms with Crippen molar-refractivity contribution in [1.29, 1.82) is 0 Å². The Balaban J connectivity index is 2.37. The molecule has 0 saturated heterocycles. The van der Waals surface area contributed by atoms with Crippen LogP contribution in [-0.4, -0.2) is 16.1 Å². The number of rotatable bonds is 1. The van der Waals surface area contributed by atoms with Crippen molar-refractivity contribution in [2.24, 2.45) is 5.73 Å². The lowest BCUT2D eigenvalue weighted by Gasteiger charge is -2.36. The summed E-state index contributed by atoms with van der Waals surface area (Å²) in [6, 6.07) is 1.69. The van der Waals surface area contributed by atoms with Crippen LogP contribution < -0.4 is 11.5 Å². The lowest BCUT2D eigenvalue weighted by Crippen LogP contribution is -2.39. The number of halogens is 1. The van der Waals surface area contributed by atoms with Gasteiger partial charge in [0.15, 0.2) is 0 Å². The van der Waals surface area contributed by atoms with Crippen LogP contribution in [0.1, 0.15) is 31.2 Å². The molecule has 2 atom stereocenters. The van der Waals surface area contributed by atoms with E-state index in [-0.39, 0.29) is 6.04 Å². The highest BCUT2D eigenvalue weighted by Gasteiger charge is 2.36. The molecule has 1 fully saturated rings. The molecule has 1 aliphatic carbocycles. The predicted octanol–water partition coefficient (Wildman–Crippen LogP) is 1.41. The van der Waals surface area contributed by atoms with Crippen LogP contribution in [0.15, 0.2) is 12.3 Å². The summed E-state index contributed by atoms with van der Waals surface area (Å²) in [6.45, 7) is 0. The van der Waals surface area contributed by atoms with Crippen molar-refractivity contribution < 1.29 is 5.11 Å². The third-order valence-electron chi connectivity index (χ3n) is 3.15. The number of nitrogens with zero attached hydrogens (tertiary/aromatic N) is 1. The highest BCUT2D eigenvalue weighted by atomic mass is 35.5. The van der Waals surface area contributed by atoms with Gasteiger partial charge in [-0.15, -0.1) is 0 Å². The maximum Gasteiger partial charge on any atom is 0.129 e. The average molecular weight is 242 g/mol. The summed E-state index contributed by atoms with van der Waals surface area (Å²) in [7, 11) is 0. The van der Waals surface area contributed by atoms with Crippen molar-refractivity contribution >= 4 is 17.4 Å². The lowest BCUT2D eigenvalue weighted by atomic mass is 9.78. The third-order valence-corrected chi connectivity index (χ3v) is 3.36. The van der Waals surface area contributed by atoms with Gasteiger partial charge in [-0.25, -0.2) is 4.98 Å². The number of pyridine rings is 1. The Morgan fingerprint density at radius 1 is 1.56 bits per heavy atom. The van der Waals surface area contributed by atoms with Gasteiger partial charge in [0.05, 0.1) is 10.6 Å². The number of hydrogen-bond acceptors (Lipinski definition) is 4. The van der Waals surface area contributed by atoms with Gasteiger partial charge in [0.2, 0.25) is 0 Å². The second-order valence-corrected chi connectivity index (χ2v) is 4.91. The Morgan fingerprint density at radius 2 is 2.31 bits per heavy atom. The minimum Gasteiger partial charge on any atom is -0.385 e. The molecule has 1 aliphatic rings. The molecular weight excluding hydrogens is 226 g/mol. The third kappa shape index (κ3) is 2.14. The minimum atomic E-state index is -0.973. The van der Waals surface area contributed by atoms with Crippen LogP contribution in [0.4, 0.5) is 5.82 Å². The summed E-state index contributed by atoms with van der Waals surface area (Å²) >= 11 is 5.87. The molecule has 5 N–H and O–H groups in total. The highest BCUT2D eigenvalue weighted by molar-refractivity contribution is 6.30. The second kappa shape index (κ2) is 4.20. The van der Waals surface area contributed by atoms with E-state index in [1.54, 1.807) is 6.07 Å². The Bertz CT molecular complexity index is 399. The summed E-state index contributed by atoms with van der Waals surface area (Å²) in [5, 5.41) is 11.0. The SMILES string of the molecule is Nc1ncc(Cl)cc1C1(O)CCCC(N)C1. The topological polar surface area (TPSA) is 85.2 Å². The highest BCUT2D eigenvalue weighted by Crippen LogP contribution is 2.39. The maximum absolute atomic E-state index is 10.6. The first-order valence-electron chi connectivity index (χ1n) is 5.41. The van der Waals surface area contributed by atoms with Crippen LogP contribution in [0.25, 0.3) is 0 Å². The first-order valence-corrected chi connectivity index (χ1v) is 5.78. The van der Waals surface area contributed by atoms with Crippen LogP contribution in [0.5, 0.6) is 0 Å². The molecule has 1 saturated carbocycles. The molecule has 2 unspecified atom stereocenters. The summed E-state index contributed by atoms with van der Waals surface area (Å²) in [6.07, 6.45) is 4.48. The molecule has 0 bridgehead atoms. The van der Waals surface area contributed by atoms with E-state index in [4.69, 9.17) is 23.1 Å². The summed E-state index contributed by atoms with van der Waals surface area (Å²) in [4.78, 5) is 3.97. The zero-order valence-corrected chi connectivity index (χ0v) is 9.74. The van der Waals surface area contributed by atoms with Gasteiger partial charge in [0.25, 0.3) is 0 Å². The van der Waals surface area contributed by atoms with E-state index in [0.717, 1.165) is 12.8 Å². The van der Waals surface area contributed by atoms with Crippen LogP contribution in [0, 0.1) is 0 Å². The van der Waals surface area contributed by atoms with E-state index in [9.17, 15) is 5.11 Å². The molecule has 0 spiro atoms. The van der Waals surface area contributed by atoms with Gasteiger partial charge in [-0.3, -0.25) is 0 Å². The van der Waals surface area contributed by atoms with E-state index in [1.165, 1.54) is 6.20 Å². The minimum absolute atomic E-state index is 0.0112. The molecule has 0 aromatic carbocycles. The van der Waals surface area contributed by atoms with Gasteiger partial charge in [-0.05, 0) is 31.7 Å². The van der Waals surface area contributed by atoms with Crippen molar-refractivity contribution in [2.75, 3.05) is 5.73 Å². The summed E-state index contributed by atoms with van der Waals surface area (Å²) in [5.74, 6) is 0.334. The van der Waals surface area contributed by atoms with E-state index in [1.807, 2.05) is 0 Å². The van der Waals surface area contributed by atoms with E-state index < -0.39 is 5.60 Å². The molecule has 1 heterocycles. The number of aliphatic hydroxyl groups is 1. The van der Waals surface area contributed by atoms with Gasteiger partial charge in [0, 0.05) is 17.8 Å². The van der Waals surface area contributed by atoms with Crippen LogP contribution in [-0.2, 0) is 5.60 Å². The first kappa shape index (κ1) is 11.6. The predicted molar refractivity (Wildman–Crippen MR) is 64.0 cm³/mol. The zero-order valence-electron chi connectivity index (χ0n) is 8.99.